The van der Waals surface area contributed by atoms with Crippen LogP contribution < -0.4 is 22.1 Å². The van der Waals surface area contributed by atoms with Gasteiger partial charge in [0.25, 0.3) is 0 Å². The Morgan fingerprint density at radius 2 is 1.92 bits per heavy atom. The van der Waals surface area contributed by atoms with Crippen LogP contribution in [0.15, 0.2) is 39.0 Å². The van der Waals surface area contributed by atoms with Gasteiger partial charge in [0.2, 0.25) is 5.91 Å². The van der Waals surface area contributed by atoms with Crippen molar-refractivity contribution in [3.05, 3.63) is 46.0 Å². The Bertz CT molecular complexity index is 937. The molecule has 0 unspecified atom stereocenters. The number of aliphatic imine (C=N–C) groups is 2. The summed E-state index contributed by atoms with van der Waals surface area (Å²) >= 11 is 0. The highest BCUT2D eigenvalue weighted by atomic mass is 16.2. The number of amides is 1. The number of rotatable bonds is 4. The number of amidine groups is 2. The summed E-state index contributed by atoms with van der Waals surface area (Å²) < 4.78 is 1.27. The van der Waals surface area contributed by atoms with E-state index in [0.29, 0.717) is 11.5 Å². The van der Waals surface area contributed by atoms with Gasteiger partial charge in [-0.2, -0.15) is 0 Å². The number of nitrogen functional groups attached to an aromatic ring is 1. The zero-order valence-electron chi connectivity index (χ0n) is 15.3. The molecule has 0 aliphatic rings. The van der Waals surface area contributed by atoms with Crippen molar-refractivity contribution in [1.82, 2.24) is 9.55 Å². The average Bonchev–Trinajstić information content (AvgIpc) is 2.89. The fraction of sp³-hybridized carbons (Fsp3) is 0.294. The lowest BCUT2D eigenvalue weighted by atomic mass is 10.1. The van der Waals surface area contributed by atoms with Crippen LogP contribution in [0.2, 0.25) is 0 Å². The van der Waals surface area contributed by atoms with Crippen molar-refractivity contribution in [2.75, 3.05) is 24.7 Å². The van der Waals surface area contributed by atoms with Gasteiger partial charge < -0.3 is 16.5 Å². The molecule has 0 aliphatic carbocycles. The molecule has 0 saturated carbocycles. The lowest BCUT2D eigenvalue weighted by molar-refractivity contribution is -0.115. The molecule has 1 amide bonds. The summed E-state index contributed by atoms with van der Waals surface area (Å²) in [6.07, 6.45) is 0. The molecule has 1 aromatic heterocycles. The maximum atomic E-state index is 12.3. The summed E-state index contributed by atoms with van der Waals surface area (Å²) in [4.78, 5) is 36.7. The zero-order valence-corrected chi connectivity index (χ0v) is 15.3. The first-order valence-electron chi connectivity index (χ1n) is 7.94. The van der Waals surface area contributed by atoms with E-state index in [-0.39, 0.29) is 29.8 Å². The number of H-pyrrole nitrogens is 1. The summed E-state index contributed by atoms with van der Waals surface area (Å²) in [7, 11) is 3.05. The minimum atomic E-state index is -0.460. The van der Waals surface area contributed by atoms with Crippen LogP contribution in [0.25, 0.3) is 0 Å². The van der Waals surface area contributed by atoms with Gasteiger partial charge in [-0.05, 0) is 18.6 Å². The minimum absolute atomic E-state index is 0.00255. The van der Waals surface area contributed by atoms with E-state index < -0.39 is 5.69 Å². The summed E-state index contributed by atoms with van der Waals surface area (Å²) in [5.74, 6) is 0.401. The van der Waals surface area contributed by atoms with Crippen molar-refractivity contribution in [2.45, 2.75) is 20.4 Å². The molecule has 9 heteroatoms. The Morgan fingerprint density at radius 3 is 2.46 bits per heavy atom. The summed E-state index contributed by atoms with van der Waals surface area (Å²) in [5.41, 5.74) is 13.2. The van der Waals surface area contributed by atoms with Gasteiger partial charge in [-0.15, -0.1) is 0 Å². The van der Waals surface area contributed by atoms with Crippen LogP contribution in [0.4, 0.5) is 11.5 Å². The third-order valence-corrected chi connectivity index (χ3v) is 4.01. The van der Waals surface area contributed by atoms with Crippen molar-refractivity contribution in [3.8, 4) is 0 Å². The van der Waals surface area contributed by atoms with E-state index in [2.05, 4.69) is 15.0 Å². The van der Waals surface area contributed by atoms with Gasteiger partial charge in [0.1, 0.15) is 23.2 Å². The summed E-state index contributed by atoms with van der Waals surface area (Å²) in [6.45, 7) is 3.34. The Hall–Kier alpha value is -3.36. The van der Waals surface area contributed by atoms with Crippen molar-refractivity contribution >= 4 is 29.1 Å². The van der Waals surface area contributed by atoms with Gasteiger partial charge in [-0.3, -0.25) is 24.2 Å². The van der Waals surface area contributed by atoms with Crippen LogP contribution in [0.5, 0.6) is 0 Å². The number of hydrogen-bond acceptors (Lipinski definition) is 5. The van der Waals surface area contributed by atoms with Gasteiger partial charge >= 0.3 is 5.69 Å². The number of carbonyl (C=O) groups is 1. The maximum absolute atomic E-state index is 12.3. The second-order valence-electron chi connectivity index (χ2n) is 5.67. The number of carbonyl (C=O) groups excluding carboxylic acids is 1. The van der Waals surface area contributed by atoms with E-state index in [1.807, 2.05) is 31.2 Å². The molecule has 0 spiro atoms. The molecule has 0 atom stereocenters. The number of aryl methyl sites for hydroxylation is 1. The number of benzene rings is 1. The normalized spacial score (nSPS) is 12.3. The highest BCUT2D eigenvalue weighted by Gasteiger charge is 2.22. The molecule has 0 fully saturated rings. The highest BCUT2D eigenvalue weighted by Crippen LogP contribution is 2.21. The molecule has 138 valence electrons. The lowest BCUT2D eigenvalue weighted by Gasteiger charge is -2.24. The first-order valence-corrected chi connectivity index (χ1v) is 7.94. The number of nitrogens with one attached hydrogen (secondary N) is 1. The molecule has 0 aliphatic heterocycles. The van der Waals surface area contributed by atoms with E-state index in [4.69, 9.17) is 11.5 Å². The first-order chi connectivity index (χ1) is 12.3. The molecule has 1 heterocycles. The number of nitrogens with two attached hydrogens (primary N) is 2. The first kappa shape index (κ1) is 19.0. The molecule has 9 nitrogen and oxygen atoms in total. The van der Waals surface area contributed by atoms with Gasteiger partial charge in [0.05, 0.1) is 12.2 Å². The predicted octanol–water partition coefficient (Wildman–Crippen LogP) is 0.484. The molecule has 26 heavy (non-hydrogen) atoms. The van der Waals surface area contributed by atoms with Gasteiger partial charge in [0, 0.05) is 21.0 Å². The van der Waals surface area contributed by atoms with Gasteiger partial charge in [-0.1, -0.05) is 18.2 Å². The number of nitrogens with zero attached hydrogens (tertiary/aromatic N) is 4. The smallest absolute Gasteiger partial charge is 0.328 e. The van der Waals surface area contributed by atoms with Crippen LogP contribution in [-0.2, 0) is 11.3 Å². The number of imidazole rings is 1. The van der Waals surface area contributed by atoms with Crippen molar-refractivity contribution in [3.63, 3.8) is 0 Å². The van der Waals surface area contributed by atoms with Gasteiger partial charge in [-0.25, -0.2) is 4.79 Å². The number of aromatic nitrogens is 2. The third kappa shape index (κ3) is 3.51. The number of hydrogen-bond donors (Lipinski definition) is 3. The van der Waals surface area contributed by atoms with E-state index >= 15 is 0 Å². The maximum Gasteiger partial charge on any atom is 0.328 e. The van der Waals surface area contributed by atoms with Crippen LogP contribution >= 0.6 is 0 Å². The molecule has 2 rings (SSSR count). The quantitative estimate of drug-likeness (QED) is 0.542. The van der Waals surface area contributed by atoms with E-state index in [9.17, 15) is 9.59 Å². The van der Waals surface area contributed by atoms with Crippen LogP contribution in [-0.4, -0.2) is 41.2 Å². The molecular formula is C17H23N7O2. The second kappa shape index (κ2) is 7.68. The Labute approximate surface area is 151 Å². The van der Waals surface area contributed by atoms with Crippen molar-refractivity contribution in [2.24, 2.45) is 15.7 Å². The third-order valence-electron chi connectivity index (χ3n) is 4.01. The molecule has 2 aromatic rings. The Balaban J connectivity index is 2.50. The largest absolute Gasteiger partial charge is 0.383 e. The molecule has 5 N–H and O–H groups in total. The minimum Gasteiger partial charge on any atom is -0.383 e. The fourth-order valence-corrected chi connectivity index (χ4v) is 2.63. The second-order valence-corrected chi connectivity index (χ2v) is 5.67. The molecule has 0 radical (unpaired) electrons. The molecule has 0 saturated heterocycles. The summed E-state index contributed by atoms with van der Waals surface area (Å²) in [5, 5.41) is 0. The number of anilines is 2. The van der Waals surface area contributed by atoms with Crippen LogP contribution in [0, 0.1) is 6.92 Å². The SMILES string of the molecule is CN=C(N)c1[nH]c(=O)n(CC(=NC)N(C(C)=O)c2ccccc2C)c1N. The van der Waals surface area contributed by atoms with E-state index in [1.54, 1.807) is 7.05 Å². The van der Waals surface area contributed by atoms with E-state index in [1.165, 1.54) is 23.4 Å². The fourth-order valence-electron chi connectivity index (χ4n) is 2.63. The summed E-state index contributed by atoms with van der Waals surface area (Å²) in [6, 6.07) is 7.43. The topological polar surface area (TPSA) is 135 Å². The monoisotopic (exact) mass is 357 g/mol. The molecule has 1 aromatic carbocycles. The van der Waals surface area contributed by atoms with Crippen LogP contribution in [0.3, 0.4) is 0 Å². The van der Waals surface area contributed by atoms with Crippen molar-refractivity contribution < 1.29 is 4.79 Å². The molecule has 0 bridgehead atoms. The number of para-hydroxylation sites is 1. The highest BCUT2D eigenvalue weighted by molar-refractivity contribution is 6.16. The van der Waals surface area contributed by atoms with E-state index in [0.717, 1.165) is 5.56 Å². The van der Waals surface area contributed by atoms with Crippen LogP contribution in [0.1, 0.15) is 18.2 Å². The predicted molar refractivity (Wildman–Crippen MR) is 104 cm³/mol. The number of aromatic amines is 1. The molecular weight excluding hydrogens is 334 g/mol. The Morgan fingerprint density at radius 1 is 1.27 bits per heavy atom. The zero-order chi connectivity index (χ0) is 19.4. The Kier molecular flexibility index (Phi) is 5.61. The van der Waals surface area contributed by atoms with Crippen molar-refractivity contribution in [1.29, 1.82) is 0 Å². The average molecular weight is 357 g/mol. The standard InChI is InChI=1S/C17H23N7O2/c1-10-7-5-6-8-12(10)24(11(2)25)13(20-3)9-23-16(19)14(15(18)21-4)22-17(23)26/h5-8H,9,19H2,1-4H3,(H2,18,21)(H,22,26). The van der Waals surface area contributed by atoms with Gasteiger partial charge in [0.15, 0.2) is 0 Å². The lowest BCUT2D eigenvalue weighted by Crippen LogP contribution is -2.40.